The molecule has 0 saturated heterocycles. The fraction of sp³-hybridized carbons (Fsp3) is 0.0270. The standard InChI is InChI=1S/C37H24ClN/c38-25-23-31-30-19-9-12-22-34(30)37(32-20-10-7-17-28(32)29-18-8-11-21-33(29)37)36(31)35(24-25)39(26-13-3-1-4-14-26)27-15-5-2-6-16-27/h1-24H. The van der Waals surface area contributed by atoms with Crippen molar-refractivity contribution >= 4 is 28.7 Å². The molecule has 2 aliphatic carbocycles. The highest BCUT2D eigenvalue weighted by Gasteiger charge is 2.53. The van der Waals surface area contributed by atoms with Crippen molar-refractivity contribution in [1.82, 2.24) is 0 Å². The lowest BCUT2D eigenvalue weighted by molar-refractivity contribution is 0.793. The molecule has 6 aromatic rings. The molecule has 184 valence electrons. The molecule has 0 atom stereocenters. The number of nitrogens with zero attached hydrogens (tertiary/aromatic N) is 1. The Morgan fingerprint density at radius 2 is 0.846 bits per heavy atom. The molecule has 0 fully saturated rings. The van der Waals surface area contributed by atoms with E-state index in [1.54, 1.807) is 0 Å². The number of benzene rings is 6. The Morgan fingerprint density at radius 1 is 0.436 bits per heavy atom. The lowest BCUT2D eigenvalue weighted by atomic mass is 9.70. The minimum atomic E-state index is -0.457. The normalized spacial score (nSPS) is 13.5. The fourth-order valence-corrected chi connectivity index (χ4v) is 7.14. The van der Waals surface area contributed by atoms with Crippen LogP contribution in [0.4, 0.5) is 17.1 Å². The Hall–Kier alpha value is -4.59. The quantitative estimate of drug-likeness (QED) is 0.225. The molecule has 0 bridgehead atoms. The van der Waals surface area contributed by atoms with Crippen LogP contribution in [0.15, 0.2) is 146 Å². The van der Waals surface area contributed by atoms with E-state index in [0.29, 0.717) is 0 Å². The summed E-state index contributed by atoms with van der Waals surface area (Å²) in [5.41, 5.74) is 13.1. The first-order valence-electron chi connectivity index (χ1n) is 13.3. The van der Waals surface area contributed by atoms with Gasteiger partial charge in [0, 0.05) is 22.0 Å². The van der Waals surface area contributed by atoms with Gasteiger partial charge >= 0.3 is 0 Å². The van der Waals surface area contributed by atoms with Crippen molar-refractivity contribution < 1.29 is 0 Å². The first-order valence-corrected chi connectivity index (χ1v) is 13.7. The molecule has 2 heteroatoms. The SMILES string of the molecule is Clc1cc2c(c(N(c3ccccc3)c3ccccc3)c1)C1(c3ccccc3-c3ccccc31)c1ccccc1-2. The number of rotatable bonds is 3. The van der Waals surface area contributed by atoms with Gasteiger partial charge < -0.3 is 4.90 Å². The lowest BCUT2D eigenvalue weighted by Gasteiger charge is -2.36. The average molecular weight is 518 g/mol. The van der Waals surface area contributed by atoms with E-state index >= 15 is 0 Å². The van der Waals surface area contributed by atoms with Gasteiger partial charge in [-0.05, 0) is 75.3 Å². The molecule has 0 unspecified atom stereocenters. The Balaban J connectivity index is 1.56. The molecule has 0 aromatic heterocycles. The Kier molecular flexibility index (Phi) is 4.86. The molecular formula is C37H24ClN. The Morgan fingerprint density at radius 3 is 1.33 bits per heavy atom. The first kappa shape index (κ1) is 22.4. The summed E-state index contributed by atoms with van der Waals surface area (Å²) in [6.07, 6.45) is 0. The molecule has 39 heavy (non-hydrogen) atoms. The fourth-order valence-electron chi connectivity index (χ4n) is 6.93. The van der Waals surface area contributed by atoms with Gasteiger partial charge in [0.25, 0.3) is 0 Å². The number of halogens is 1. The van der Waals surface area contributed by atoms with Gasteiger partial charge in [0.15, 0.2) is 0 Å². The van der Waals surface area contributed by atoms with Crippen LogP contribution in [0.1, 0.15) is 22.3 Å². The number of anilines is 3. The zero-order chi connectivity index (χ0) is 26.0. The van der Waals surface area contributed by atoms with E-state index in [1.165, 1.54) is 44.5 Å². The van der Waals surface area contributed by atoms with Gasteiger partial charge in [0.1, 0.15) is 0 Å². The van der Waals surface area contributed by atoms with E-state index < -0.39 is 5.41 Å². The van der Waals surface area contributed by atoms with Crippen molar-refractivity contribution in [2.24, 2.45) is 0 Å². The van der Waals surface area contributed by atoms with E-state index in [0.717, 1.165) is 22.1 Å². The van der Waals surface area contributed by atoms with Crippen molar-refractivity contribution in [1.29, 1.82) is 0 Å². The van der Waals surface area contributed by atoms with E-state index in [2.05, 4.69) is 150 Å². The minimum absolute atomic E-state index is 0.457. The molecule has 0 aliphatic heterocycles. The molecule has 0 radical (unpaired) electrons. The zero-order valence-electron chi connectivity index (χ0n) is 21.2. The van der Waals surface area contributed by atoms with Gasteiger partial charge in [-0.1, -0.05) is 121 Å². The van der Waals surface area contributed by atoms with Gasteiger partial charge in [-0.2, -0.15) is 0 Å². The van der Waals surface area contributed by atoms with Crippen LogP contribution in [0.5, 0.6) is 0 Å². The summed E-state index contributed by atoms with van der Waals surface area (Å²) in [6, 6.07) is 52.2. The summed E-state index contributed by atoms with van der Waals surface area (Å²) < 4.78 is 0. The summed E-state index contributed by atoms with van der Waals surface area (Å²) in [4.78, 5) is 2.36. The monoisotopic (exact) mass is 517 g/mol. The second kappa shape index (κ2) is 8.46. The summed E-state index contributed by atoms with van der Waals surface area (Å²) >= 11 is 6.98. The van der Waals surface area contributed by atoms with Crippen LogP contribution in [0.3, 0.4) is 0 Å². The second-order valence-corrected chi connectivity index (χ2v) is 10.7. The van der Waals surface area contributed by atoms with E-state index in [-0.39, 0.29) is 0 Å². The highest BCUT2D eigenvalue weighted by atomic mass is 35.5. The van der Waals surface area contributed by atoms with Crippen molar-refractivity contribution in [2.45, 2.75) is 5.41 Å². The van der Waals surface area contributed by atoms with Gasteiger partial charge in [-0.15, -0.1) is 0 Å². The molecule has 1 spiro atoms. The van der Waals surface area contributed by atoms with Crippen molar-refractivity contribution in [3.8, 4) is 22.3 Å². The summed E-state index contributed by atoms with van der Waals surface area (Å²) in [5.74, 6) is 0. The predicted molar refractivity (Wildman–Crippen MR) is 162 cm³/mol. The predicted octanol–water partition coefficient (Wildman–Crippen LogP) is 10.2. The smallest absolute Gasteiger partial charge is 0.0746 e. The zero-order valence-corrected chi connectivity index (χ0v) is 21.9. The molecule has 2 aliphatic rings. The first-order chi connectivity index (χ1) is 19.3. The number of fused-ring (bicyclic) bond motifs is 10. The minimum Gasteiger partial charge on any atom is -0.310 e. The molecule has 6 aromatic carbocycles. The third kappa shape index (κ3) is 3.02. The van der Waals surface area contributed by atoms with Crippen LogP contribution in [0, 0.1) is 0 Å². The maximum absolute atomic E-state index is 6.98. The Labute approximate surface area is 233 Å². The van der Waals surface area contributed by atoms with Crippen molar-refractivity contribution in [3.63, 3.8) is 0 Å². The van der Waals surface area contributed by atoms with Crippen LogP contribution in [-0.4, -0.2) is 0 Å². The van der Waals surface area contributed by atoms with Crippen molar-refractivity contribution in [3.05, 3.63) is 173 Å². The number of hydrogen-bond donors (Lipinski definition) is 0. The third-order valence-corrected chi connectivity index (χ3v) is 8.52. The van der Waals surface area contributed by atoms with Crippen LogP contribution in [0.25, 0.3) is 22.3 Å². The summed E-state index contributed by atoms with van der Waals surface area (Å²) in [5, 5.41) is 0.729. The van der Waals surface area contributed by atoms with Crippen LogP contribution >= 0.6 is 11.6 Å². The Bertz CT molecular complexity index is 1790. The summed E-state index contributed by atoms with van der Waals surface area (Å²) in [7, 11) is 0. The van der Waals surface area contributed by atoms with E-state index in [4.69, 9.17) is 11.6 Å². The topological polar surface area (TPSA) is 3.24 Å². The summed E-state index contributed by atoms with van der Waals surface area (Å²) in [6.45, 7) is 0. The highest BCUT2D eigenvalue weighted by Crippen LogP contribution is 2.65. The van der Waals surface area contributed by atoms with Gasteiger partial charge in [-0.3, -0.25) is 0 Å². The third-order valence-electron chi connectivity index (χ3n) is 8.30. The van der Waals surface area contributed by atoms with Gasteiger partial charge in [-0.25, -0.2) is 0 Å². The van der Waals surface area contributed by atoms with E-state index in [1.807, 2.05) is 0 Å². The molecule has 8 rings (SSSR count). The van der Waals surface area contributed by atoms with Gasteiger partial charge in [0.2, 0.25) is 0 Å². The van der Waals surface area contributed by atoms with Crippen LogP contribution in [0.2, 0.25) is 5.02 Å². The maximum atomic E-state index is 6.98. The van der Waals surface area contributed by atoms with E-state index in [9.17, 15) is 0 Å². The van der Waals surface area contributed by atoms with Crippen molar-refractivity contribution in [2.75, 3.05) is 4.90 Å². The number of hydrogen-bond acceptors (Lipinski definition) is 1. The molecule has 0 N–H and O–H groups in total. The van der Waals surface area contributed by atoms with Crippen LogP contribution < -0.4 is 4.90 Å². The second-order valence-electron chi connectivity index (χ2n) is 10.2. The largest absolute Gasteiger partial charge is 0.310 e. The average Bonchev–Trinajstić information content (AvgIpc) is 3.46. The number of para-hydroxylation sites is 2. The van der Waals surface area contributed by atoms with Gasteiger partial charge in [0.05, 0.1) is 11.1 Å². The molecule has 1 nitrogen and oxygen atoms in total. The molecule has 0 amide bonds. The molecule has 0 saturated carbocycles. The van der Waals surface area contributed by atoms with Crippen LogP contribution in [-0.2, 0) is 5.41 Å². The lowest BCUT2D eigenvalue weighted by Crippen LogP contribution is -2.28. The highest BCUT2D eigenvalue weighted by molar-refractivity contribution is 6.31. The maximum Gasteiger partial charge on any atom is 0.0746 e. The molecule has 0 heterocycles. The molecular weight excluding hydrogens is 494 g/mol.